The molecule has 2 saturated heterocycles. The minimum absolute atomic E-state index is 0. The molecule has 1 N–H and O–H groups in total. The van der Waals surface area contributed by atoms with Crippen LogP contribution in [0, 0.1) is 48.1 Å². The second kappa shape index (κ2) is 27.1. The Bertz CT molecular complexity index is 2430. The molecule has 61 heavy (non-hydrogen) atoms. The van der Waals surface area contributed by atoms with E-state index in [9.17, 15) is 19.1 Å². The van der Waals surface area contributed by atoms with Gasteiger partial charge < -0.3 is 11.3 Å². The van der Waals surface area contributed by atoms with Crippen molar-refractivity contribution in [3.63, 3.8) is 0 Å². The maximum absolute atomic E-state index is 13.7. The standard InChI is InChI=1S/C23H22FN3O.C13H16N2O.C10H7ClFN.I2.HI.Na.H/c1-16-12-23(21-13-19(24)6-7-22(21)26-16)28-20-8-10-27(11-9-20)15-18-5-3-2-4-17(18)14-25;14-9-11-3-1-2-4-12(11)10-15-7-5-13(16)6-8-15;1-6-4-9(11)8-5-7(12)2-3-10(8)13-6;1-2;;;/h2-7,12-13,20H,8-11,15H2,1H3;1-4,13,16H,5-8,10H2;2-5H,1H3;;1H;;/q;;;;;+1;-1. The first-order chi connectivity index (χ1) is 28.6. The molecule has 0 spiro atoms. The molecule has 0 saturated carbocycles. The molecule has 4 aromatic carbocycles. The number of halogens is 6. The molecule has 2 fully saturated rings. The third kappa shape index (κ3) is 16.0. The number of nitriles is 2. The topological polar surface area (TPSA) is 109 Å². The van der Waals surface area contributed by atoms with Crippen molar-refractivity contribution in [2.45, 2.75) is 64.8 Å². The molecular formula is C46H47ClF2I3N6NaO2. The molecule has 316 valence electrons. The first-order valence-corrected chi connectivity index (χ1v) is 25.9. The summed E-state index contributed by atoms with van der Waals surface area (Å²) in [6, 6.07) is 32.6. The summed E-state index contributed by atoms with van der Waals surface area (Å²) >= 11 is 10.2. The van der Waals surface area contributed by atoms with Crippen molar-refractivity contribution in [2.24, 2.45) is 0 Å². The van der Waals surface area contributed by atoms with Crippen LogP contribution in [0.4, 0.5) is 8.78 Å². The summed E-state index contributed by atoms with van der Waals surface area (Å²) in [5, 5.41) is 29.6. The van der Waals surface area contributed by atoms with E-state index in [4.69, 9.17) is 21.6 Å². The van der Waals surface area contributed by atoms with E-state index in [1.165, 1.54) is 24.3 Å². The number of pyridine rings is 2. The molecule has 15 heteroatoms. The van der Waals surface area contributed by atoms with Crippen LogP contribution in [-0.4, -0.2) is 63.3 Å². The fourth-order valence-electron chi connectivity index (χ4n) is 7.13. The Hall–Kier alpha value is -2.30. The Morgan fingerprint density at radius 3 is 1.67 bits per heavy atom. The summed E-state index contributed by atoms with van der Waals surface area (Å²) in [7, 11) is 0. The largest absolute Gasteiger partial charge is 1.00 e. The molecule has 2 aromatic heterocycles. The number of rotatable bonds is 6. The van der Waals surface area contributed by atoms with Gasteiger partial charge in [0, 0.05) is 105 Å². The van der Waals surface area contributed by atoms with Crippen molar-refractivity contribution < 1.29 is 49.6 Å². The number of benzene rings is 4. The quantitative estimate of drug-likeness (QED) is 0.130. The SMILES string of the molecule is Cc1cc(Cl)c2cc(F)ccc2n1.Cc1cc(OC2CCN(Cc3ccccc3C#N)CC2)c2cc(F)ccc2n1.I.II.N#Cc1ccccc1CN1CCC(O)CC1.[H-].[Na+]. The monoisotopic (exact) mass is 1190 g/mol. The van der Waals surface area contributed by atoms with Gasteiger partial charge in [-0.15, -0.1) is 24.0 Å². The summed E-state index contributed by atoms with van der Waals surface area (Å²) in [5.74, 6) is 0.129. The Balaban J connectivity index is 0.000000333. The van der Waals surface area contributed by atoms with E-state index < -0.39 is 0 Å². The van der Waals surface area contributed by atoms with Crippen LogP contribution in [-0.2, 0) is 13.1 Å². The number of likely N-dealkylation sites (tertiary alicyclic amines) is 2. The fraction of sp³-hybridized carbons (Fsp3) is 0.304. The second-order valence-corrected chi connectivity index (χ2v) is 14.9. The molecule has 0 radical (unpaired) electrons. The number of hydrogen-bond donors (Lipinski definition) is 1. The Morgan fingerprint density at radius 2 is 1.16 bits per heavy atom. The molecule has 0 atom stereocenters. The minimum atomic E-state index is -0.292. The van der Waals surface area contributed by atoms with E-state index >= 15 is 0 Å². The van der Waals surface area contributed by atoms with Crippen LogP contribution in [0.15, 0.2) is 97.1 Å². The molecule has 0 unspecified atom stereocenters. The molecule has 4 heterocycles. The first kappa shape index (κ1) is 53.0. The van der Waals surface area contributed by atoms with Crippen LogP contribution in [0.25, 0.3) is 21.8 Å². The zero-order chi connectivity index (χ0) is 42.3. The van der Waals surface area contributed by atoms with Crippen LogP contribution in [0.1, 0.15) is 60.8 Å². The third-order valence-corrected chi connectivity index (χ3v) is 10.5. The van der Waals surface area contributed by atoms with Gasteiger partial charge in [-0.05, 0) is 105 Å². The molecule has 8 nitrogen and oxygen atoms in total. The number of aliphatic hydroxyl groups is 1. The first-order valence-electron chi connectivity index (χ1n) is 19.3. The van der Waals surface area contributed by atoms with Crippen LogP contribution in [0.3, 0.4) is 0 Å². The predicted octanol–water partition coefficient (Wildman–Crippen LogP) is 8.95. The Labute approximate surface area is 426 Å². The van der Waals surface area contributed by atoms with Crippen molar-refractivity contribution in [1.29, 1.82) is 10.5 Å². The van der Waals surface area contributed by atoms with Gasteiger partial charge in [0.15, 0.2) is 0 Å². The third-order valence-electron chi connectivity index (χ3n) is 10.2. The van der Waals surface area contributed by atoms with E-state index in [1.807, 2.05) is 68.4 Å². The van der Waals surface area contributed by atoms with Crippen LogP contribution in [0.2, 0.25) is 5.02 Å². The summed E-state index contributed by atoms with van der Waals surface area (Å²) < 4.78 is 32.8. The summed E-state index contributed by atoms with van der Waals surface area (Å²) in [4.78, 5) is 13.3. The van der Waals surface area contributed by atoms with Gasteiger partial charge in [-0.3, -0.25) is 19.8 Å². The molecule has 0 aliphatic carbocycles. The molecule has 0 bridgehead atoms. The van der Waals surface area contributed by atoms with Gasteiger partial charge in [0.25, 0.3) is 0 Å². The van der Waals surface area contributed by atoms with Crippen molar-refractivity contribution >= 4 is 94.6 Å². The van der Waals surface area contributed by atoms with Gasteiger partial charge in [0.05, 0.1) is 45.4 Å². The number of aryl methyl sites for hydroxylation is 2. The van der Waals surface area contributed by atoms with Crippen molar-refractivity contribution in [3.8, 4) is 17.9 Å². The average Bonchev–Trinajstić information content (AvgIpc) is 3.24. The normalized spacial score (nSPS) is 14.3. The van der Waals surface area contributed by atoms with Crippen molar-refractivity contribution in [3.05, 3.63) is 147 Å². The average molecular weight is 1190 g/mol. The summed E-state index contributed by atoms with van der Waals surface area (Å²) in [6.45, 7) is 9.01. The zero-order valence-corrected chi connectivity index (χ0v) is 43.7. The van der Waals surface area contributed by atoms with Gasteiger partial charge in [0.2, 0.25) is 0 Å². The van der Waals surface area contributed by atoms with Gasteiger partial charge in [-0.25, -0.2) is 8.78 Å². The number of aliphatic hydroxyl groups excluding tert-OH is 1. The zero-order valence-electron chi connectivity index (χ0n) is 35.3. The number of fused-ring (bicyclic) bond motifs is 2. The van der Waals surface area contributed by atoms with Crippen molar-refractivity contribution in [1.82, 2.24) is 19.8 Å². The summed E-state index contributed by atoms with van der Waals surface area (Å²) in [5.41, 5.74) is 6.82. The van der Waals surface area contributed by atoms with Gasteiger partial charge in [-0.2, -0.15) is 10.5 Å². The molecule has 0 amide bonds. The summed E-state index contributed by atoms with van der Waals surface area (Å²) in [6.07, 6.45) is 3.43. The van der Waals surface area contributed by atoms with E-state index in [0.717, 1.165) is 115 Å². The maximum atomic E-state index is 13.7. The van der Waals surface area contributed by atoms with Crippen LogP contribution < -0.4 is 34.3 Å². The molecule has 2 aliphatic heterocycles. The fourth-order valence-corrected chi connectivity index (χ4v) is 7.44. The van der Waals surface area contributed by atoms with Crippen LogP contribution >= 0.6 is 72.8 Å². The van der Waals surface area contributed by atoms with E-state index in [-0.39, 0.29) is 78.8 Å². The maximum Gasteiger partial charge on any atom is 1.00 e. The number of nitrogens with zero attached hydrogens (tertiary/aromatic N) is 6. The number of aromatic nitrogens is 2. The smallest absolute Gasteiger partial charge is 1.00 e. The van der Waals surface area contributed by atoms with Gasteiger partial charge >= 0.3 is 29.6 Å². The van der Waals surface area contributed by atoms with E-state index in [1.54, 1.807) is 18.2 Å². The van der Waals surface area contributed by atoms with Crippen LogP contribution in [0.5, 0.6) is 5.75 Å². The van der Waals surface area contributed by atoms with Gasteiger partial charge in [0.1, 0.15) is 23.5 Å². The molecule has 6 aromatic rings. The van der Waals surface area contributed by atoms with Crippen molar-refractivity contribution in [2.75, 3.05) is 26.2 Å². The Morgan fingerprint density at radius 1 is 0.721 bits per heavy atom. The molecule has 8 rings (SSSR count). The van der Waals surface area contributed by atoms with Gasteiger partial charge in [-0.1, -0.05) is 48.0 Å². The van der Waals surface area contributed by atoms with E-state index in [0.29, 0.717) is 16.2 Å². The minimum Gasteiger partial charge on any atom is -1.00 e. The number of hydrogen-bond acceptors (Lipinski definition) is 8. The second-order valence-electron chi connectivity index (χ2n) is 14.5. The number of piperidine rings is 2. The predicted molar refractivity (Wildman–Crippen MR) is 264 cm³/mol. The molecule has 2 aliphatic rings. The Kier molecular flexibility index (Phi) is 23.6. The molecular weight excluding hydrogens is 1150 g/mol. The number of ether oxygens (including phenoxy) is 1. The van der Waals surface area contributed by atoms with E-state index in [2.05, 4.69) is 69.1 Å².